The molecule has 0 spiro atoms. The maximum Gasteiger partial charge on any atom is 0.206 e. The molecule has 0 aliphatic carbocycles. The van der Waals surface area contributed by atoms with Crippen molar-refractivity contribution in [3.8, 4) is 0 Å². The highest BCUT2D eigenvalue weighted by atomic mass is 32.1. The van der Waals surface area contributed by atoms with E-state index in [1.54, 1.807) is 12.4 Å². The number of nitrogens with zero attached hydrogens (tertiary/aromatic N) is 1. The molecule has 0 amide bonds. The van der Waals surface area contributed by atoms with E-state index < -0.39 is 0 Å². The Morgan fingerprint density at radius 2 is 1.95 bits per heavy atom. The summed E-state index contributed by atoms with van der Waals surface area (Å²) in [7, 11) is 0. The molecule has 2 heterocycles. The third-order valence-corrected chi connectivity index (χ3v) is 4.37. The van der Waals surface area contributed by atoms with Gasteiger partial charge in [0.2, 0.25) is 5.78 Å². The zero-order valence-electron chi connectivity index (χ0n) is 12.8. The molecule has 0 aliphatic rings. The van der Waals surface area contributed by atoms with Crippen LogP contribution in [0.1, 0.15) is 53.9 Å². The van der Waals surface area contributed by atoms with E-state index in [9.17, 15) is 4.79 Å². The number of fused-ring (bicyclic) bond motifs is 1. The van der Waals surface area contributed by atoms with Crippen molar-refractivity contribution in [3.63, 3.8) is 0 Å². The number of carbonyl (C=O) groups is 1. The van der Waals surface area contributed by atoms with E-state index in [4.69, 9.17) is 0 Å². The third-order valence-electron chi connectivity index (χ3n) is 3.08. The average Bonchev–Trinajstić information content (AvgIpc) is 3.16. The highest BCUT2D eigenvalue weighted by Crippen LogP contribution is 2.26. The minimum atomic E-state index is 0.0434. The Balaban J connectivity index is 0.000000774. The first-order valence-corrected chi connectivity index (χ1v) is 8.05. The topological polar surface area (TPSA) is 45.8 Å². The SMILES string of the molecule is CC.CC(C)c1ncc(C(=O)c2c[nH]c3ccccc23)s1. The predicted octanol–water partition coefficient (Wildman–Crippen LogP) is 5.01. The molecule has 0 saturated heterocycles. The summed E-state index contributed by atoms with van der Waals surface area (Å²) >= 11 is 1.48. The summed E-state index contributed by atoms with van der Waals surface area (Å²) in [4.78, 5) is 20.7. The van der Waals surface area contributed by atoms with Crippen LogP contribution in [0.2, 0.25) is 0 Å². The van der Waals surface area contributed by atoms with Crippen LogP contribution in [0.3, 0.4) is 0 Å². The van der Waals surface area contributed by atoms with Crippen LogP contribution in [0.25, 0.3) is 10.9 Å². The van der Waals surface area contributed by atoms with Crippen LogP contribution in [0.15, 0.2) is 36.7 Å². The van der Waals surface area contributed by atoms with Gasteiger partial charge in [-0.3, -0.25) is 4.79 Å². The largest absolute Gasteiger partial charge is 0.360 e. The zero-order valence-corrected chi connectivity index (χ0v) is 13.6. The number of H-pyrrole nitrogens is 1. The minimum Gasteiger partial charge on any atom is -0.360 e. The molecule has 0 fully saturated rings. The lowest BCUT2D eigenvalue weighted by atomic mass is 10.1. The van der Waals surface area contributed by atoms with E-state index >= 15 is 0 Å². The molecule has 3 aromatic rings. The van der Waals surface area contributed by atoms with Crippen LogP contribution in [-0.4, -0.2) is 15.8 Å². The lowest BCUT2D eigenvalue weighted by molar-refractivity contribution is 0.104. The molecule has 0 radical (unpaired) electrons. The number of thiazole rings is 1. The maximum absolute atomic E-state index is 12.5. The first-order chi connectivity index (χ1) is 10.2. The number of rotatable bonds is 3. The van der Waals surface area contributed by atoms with Gasteiger partial charge >= 0.3 is 0 Å². The Hall–Kier alpha value is -1.94. The molecule has 0 aliphatic heterocycles. The monoisotopic (exact) mass is 300 g/mol. The fourth-order valence-electron chi connectivity index (χ4n) is 2.05. The van der Waals surface area contributed by atoms with E-state index in [0.717, 1.165) is 21.5 Å². The van der Waals surface area contributed by atoms with Gasteiger partial charge in [-0.2, -0.15) is 0 Å². The van der Waals surface area contributed by atoms with Crippen molar-refractivity contribution >= 4 is 28.0 Å². The second kappa shape index (κ2) is 6.68. The molecule has 1 aromatic carbocycles. The summed E-state index contributed by atoms with van der Waals surface area (Å²) in [5, 5.41) is 1.97. The van der Waals surface area contributed by atoms with Gasteiger partial charge in [0, 0.05) is 34.8 Å². The summed E-state index contributed by atoms with van der Waals surface area (Å²) < 4.78 is 0. The van der Waals surface area contributed by atoms with Gasteiger partial charge in [0.05, 0.1) is 9.88 Å². The van der Waals surface area contributed by atoms with Crippen molar-refractivity contribution in [1.29, 1.82) is 0 Å². The van der Waals surface area contributed by atoms with Crippen molar-refractivity contribution in [2.45, 2.75) is 33.6 Å². The number of ketones is 1. The van der Waals surface area contributed by atoms with Crippen molar-refractivity contribution in [3.05, 3.63) is 52.1 Å². The molecule has 3 nitrogen and oxygen atoms in total. The summed E-state index contributed by atoms with van der Waals surface area (Å²) in [5.41, 5.74) is 1.70. The summed E-state index contributed by atoms with van der Waals surface area (Å²) in [6.45, 7) is 8.16. The van der Waals surface area contributed by atoms with Crippen LogP contribution in [0.4, 0.5) is 0 Å². The molecular formula is C17H20N2OS. The van der Waals surface area contributed by atoms with Gasteiger partial charge in [-0.25, -0.2) is 4.98 Å². The number of aromatic amines is 1. The first kappa shape index (κ1) is 15.4. The lowest BCUT2D eigenvalue weighted by Gasteiger charge is -1.97. The molecule has 1 N–H and O–H groups in total. The summed E-state index contributed by atoms with van der Waals surface area (Å²) in [5.74, 6) is 0.399. The Bertz CT molecular complexity index is 740. The quantitative estimate of drug-likeness (QED) is 0.691. The van der Waals surface area contributed by atoms with Crippen LogP contribution >= 0.6 is 11.3 Å². The van der Waals surface area contributed by atoms with Gasteiger partial charge in [-0.15, -0.1) is 11.3 Å². The summed E-state index contributed by atoms with van der Waals surface area (Å²) in [6, 6.07) is 7.83. The molecule has 0 atom stereocenters. The zero-order chi connectivity index (χ0) is 15.4. The molecule has 4 heteroatoms. The minimum absolute atomic E-state index is 0.0434. The third kappa shape index (κ3) is 3.05. The van der Waals surface area contributed by atoms with Gasteiger partial charge < -0.3 is 4.98 Å². The van der Waals surface area contributed by atoms with E-state index in [2.05, 4.69) is 23.8 Å². The average molecular weight is 300 g/mol. The molecule has 21 heavy (non-hydrogen) atoms. The van der Waals surface area contributed by atoms with E-state index in [1.807, 2.05) is 38.1 Å². The van der Waals surface area contributed by atoms with Crippen LogP contribution in [-0.2, 0) is 0 Å². The lowest BCUT2D eigenvalue weighted by Crippen LogP contribution is -1.96. The van der Waals surface area contributed by atoms with E-state index in [0.29, 0.717) is 10.8 Å². The van der Waals surface area contributed by atoms with Crippen molar-refractivity contribution < 1.29 is 4.79 Å². The Labute approximate surface area is 129 Å². The maximum atomic E-state index is 12.5. The van der Waals surface area contributed by atoms with E-state index in [1.165, 1.54) is 11.3 Å². The van der Waals surface area contributed by atoms with Crippen LogP contribution < -0.4 is 0 Å². The molecule has 0 saturated carbocycles. The Kier molecular flexibility index (Phi) is 4.91. The van der Waals surface area contributed by atoms with Gasteiger partial charge in [0.25, 0.3) is 0 Å². The second-order valence-corrected chi connectivity index (χ2v) is 5.86. The molecule has 3 rings (SSSR count). The number of aromatic nitrogens is 2. The highest BCUT2D eigenvalue weighted by molar-refractivity contribution is 7.14. The van der Waals surface area contributed by atoms with E-state index in [-0.39, 0.29) is 5.78 Å². The number of carbonyl (C=O) groups excluding carboxylic acids is 1. The number of hydrogen-bond donors (Lipinski definition) is 1. The molecule has 0 bridgehead atoms. The number of nitrogens with one attached hydrogen (secondary N) is 1. The van der Waals surface area contributed by atoms with Gasteiger partial charge in [-0.05, 0) is 6.07 Å². The van der Waals surface area contributed by atoms with Crippen LogP contribution in [0, 0.1) is 0 Å². The number of hydrogen-bond acceptors (Lipinski definition) is 3. The Morgan fingerprint density at radius 1 is 1.24 bits per heavy atom. The standard InChI is InChI=1S/C15H14N2OS.C2H6/c1-9(2)15-17-8-13(19-15)14(18)11-7-16-12-6-4-3-5-10(11)12;1-2/h3-9,16H,1-2H3;1-2H3. The molecule has 0 unspecified atom stereocenters. The highest BCUT2D eigenvalue weighted by Gasteiger charge is 2.17. The molecule has 2 aromatic heterocycles. The fourth-order valence-corrected chi connectivity index (χ4v) is 2.93. The first-order valence-electron chi connectivity index (χ1n) is 7.23. The second-order valence-electron chi connectivity index (χ2n) is 4.79. The smallest absolute Gasteiger partial charge is 0.206 e. The van der Waals surface area contributed by atoms with Crippen molar-refractivity contribution in [1.82, 2.24) is 9.97 Å². The normalized spacial score (nSPS) is 10.5. The summed E-state index contributed by atoms with van der Waals surface area (Å²) in [6.07, 6.45) is 3.46. The van der Waals surface area contributed by atoms with Gasteiger partial charge in [-0.1, -0.05) is 45.9 Å². The van der Waals surface area contributed by atoms with Gasteiger partial charge in [0.15, 0.2) is 0 Å². The van der Waals surface area contributed by atoms with Crippen LogP contribution in [0.5, 0.6) is 0 Å². The molecular weight excluding hydrogens is 280 g/mol. The molecule has 110 valence electrons. The Morgan fingerprint density at radius 3 is 2.62 bits per heavy atom. The predicted molar refractivity (Wildman–Crippen MR) is 89.3 cm³/mol. The van der Waals surface area contributed by atoms with Crippen molar-refractivity contribution in [2.75, 3.05) is 0 Å². The fraction of sp³-hybridized carbons (Fsp3) is 0.294. The number of para-hydroxylation sites is 1. The van der Waals surface area contributed by atoms with Gasteiger partial charge in [0.1, 0.15) is 0 Å². The number of benzene rings is 1. The van der Waals surface area contributed by atoms with Crippen molar-refractivity contribution in [2.24, 2.45) is 0 Å².